The van der Waals surface area contributed by atoms with Gasteiger partial charge in [-0.15, -0.1) is 0 Å². The third kappa shape index (κ3) is 6.98. The molecule has 0 spiro atoms. The minimum atomic E-state index is 0.678. The maximum atomic E-state index is 4.87. The van der Waals surface area contributed by atoms with Crippen LogP contribution in [0.4, 0.5) is 0 Å². The second kappa shape index (κ2) is 12.2. The van der Waals surface area contributed by atoms with Crippen LogP contribution < -0.4 is 0 Å². The van der Waals surface area contributed by atoms with E-state index in [1.807, 2.05) is 0 Å². The zero-order valence-electron chi connectivity index (χ0n) is 18.8. The third-order valence-electron chi connectivity index (χ3n) is 6.87. The standard InChI is InChI=1S/C28H41N/c1-3-5-7-8-9-11-24-14-18-26(19-15-24)28-21-20-27(22-29-28)25-16-12-23(13-17-25)10-6-4-2/h12-13,16-17,20-22,24,26H,3-11,14-15,18-19H2,1-2H3/t24-,26-. The molecule has 0 unspecified atom stereocenters. The van der Waals surface area contributed by atoms with Crippen molar-refractivity contribution in [2.45, 2.75) is 103 Å². The van der Waals surface area contributed by atoms with Gasteiger partial charge in [0.1, 0.15) is 0 Å². The minimum absolute atomic E-state index is 0.678. The molecule has 1 aliphatic carbocycles. The number of hydrogen-bond donors (Lipinski definition) is 0. The van der Waals surface area contributed by atoms with Crippen LogP contribution in [0, 0.1) is 5.92 Å². The van der Waals surface area contributed by atoms with Gasteiger partial charge in [-0.3, -0.25) is 4.98 Å². The van der Waals surface area contributed by atoms with E-state index in [-0.39, 0.29) is 0 Å². The minimum Gasteiger partial charge on any atom is -0.260 e. The van der Waals surface area contributed by atoms with Crippen LogP contribution in [0.15, 0.2) is 42.6 Å². The lowest BCUT2D eigenvalue weighted by Gasteiger charge is -2.28. The van der Waals surface area contributed by atoms with E-state index in [0.29, 0.717) is 5.92 Å². The maximum absolute atomic E-state index is 4.87. The summed E-state index contributed by atoms with van der Waals surface area (Å²) in [4.78, 5) is 4.87. The summed E-state index contributed by atoms with van der Waals surface area (Å²) >= 11 is 0. The molecule has 0 bridgehead atoms. The van der Waals surface area contributed by atoms with Crippen LogP contribution in [-0.2, 0) is 6.42 Å². The van der Waals surface area contributed by atoms with Crippen LogP contribution in [0.5, 0.6) is 0 Å². The fourth-order valence-corrected chi connectivity index (χ4v) is 4.85. The van der Waals surface area contributed by atoms with Crippen molar-refractivity contribution in [1.82, 2.24) is 4.98 Å². The first-order valence-electron chi connectivity index (χ1n) is 12.4. The van der Waals surface area contributed by atoms with Crippen LogP contribution in [0.25, 0.3) is 11.1 Å². The second-order valence-corrected chi connectivity index (χ2v) is 9.19. The molecule has 0 atom stereocenters. The number of aromatic nitrogens is 1. The lowest BCUT2D eigenvalue weighted by molar-refractivity contribution is 0.299. The van der Waals surface area contributed by atoms with Gasteiger partial charge >= 0.3 is 0 Å². The first-order valence-corrected chi connectivity index (χ1v) is 12.4. The Kier molecular flexibility index (Phi) is 9.25. The van der Waals surface area contributed by atoms with Gasteiger partial charge in [0.2, 0.25) is 0 Å². The molecule has 0 radical (unpaired) electrons. The van der Waals surface area contributed by atoms with Crippen molar-refractivity contribution in [2.24, 2.45) is 5.92 Å². The molecule has 1 aromatic carbocycles. The highest BCUT2D eigenvalue weighted by atomic mass is 14.7. The molecule has 1 fully saturated rings. The van der Waals surface area contributed by atoms with Gasteiger partial charge in [0, 0.05) is 23.4 Å². The Morgan fingerprint density at radius 2 is 1.41 bits per heavy atom. The average Bonchev–Trinajstić information content (AvgIpc) is 2.78. The van der Waals surface area contributed by atoms with Gasteiger partial charge in [-0.1, -0.05) is 89.1 Å². The molecule has 1 heterocycles. The fourth-order valence-electron chi connectivity index (χ4n) is 4.85. The number of pyridine rings is 1. The van der Waals surface area contributed by atoms with Crippen LogP contribution in [0.1, 0.15) is 108 Å². The number of rotatable bonds is 11. The van der Waals surface area contributed by atoms with E-state index in [2.05, 4.69) is 56.4 Å². The van der Waals surface area contributed by atoms with Gasteiger partial charge in [0.05, 0.1) is 0 Å². The third-order valence-corrected chi connectivity index (χ3v) is 6.87. The summed E-state index contributed by atoms with van der Waals surface area (Å²) < 4.78 is 0. The van der Waals surface area contributed by atoms with Gasteiger partial charge in [0.15, 0.2) is 0 Å². The molecule has 0 saturated heterocycles. The summed E-state index contributed by atoms with van der Waals surface area (Å²) in [5.41, 5.74) is 5.30. The summed E-state index contributed by atoms with van der Waals surface area (Å²) in [5, 5.41) is 0. The van der Waals surface area contributed by atoms with Gasteiger partial charge < -0.3 is 0 Å². The van der Waals surface area contributed by atoms with E-state index in [4.69, 9.17) is 4.98 Å². The van der Waals surface area contributed by atoms with E-state index >= 15 is 0 Å². The van der Waals surface area contributed by atoms with Crippen molar-refractivity contribution < 1.29 is 0 Å². The smallest absolute Gasteiger partial charge is 0.0434 e. The lowest BCUT2D eigenvalue weighted by atomic mass is 9.78. The molecule has 1 aromatic heterocycles. The number of hydrogen-bond acceptors (Lipinski definition) is 1. The molecular formula is C28H41N. The molecule has 158 valence electrons. The molecular weight excluding hydrogens is 350 g/mol. The zero-order valence-corrected chi connectivity index (χ0v) is 18.8. The largest absolute Gasteiger partial charge is 0.260 e. The Bertz CT molecular complexity index is 677. The van der Waals surface area contributed by atoms with E-state index in [9.17, 15) is 0 Å². The lowest BCUT2D eigenvalue weighted by Crippen LogP contribution is -2.14. The molecule has 0 amide bonds. The van der Waals surface area contributed by atoms with Gasteiger partial charge in [0.25, 0.3) is 0 Å². The summed E-state index contributed by atoms with van der Waals surface area (Å²) in [5.74, 6) is 1.65. The molecule has 2 aromatic rings. The Hall–Kier alpha value is -1.63. The molecule has 1 saturated carbocycles. The Morgan fingerprint density at radius 1 is 0.724 bits per heavy atom. The molecule has 0 aliphatic heterocycles. The van der Waals surface area contributed by atoms with E-state index in [1.54, 1.807) is 0 Å². The molecule has 1 aliphatic rings. The predicted molar refractivity (Wildman–Crippen MR) is 126 cm³/mol. The molecule has 0 N–H and O–H groups in total. The quantitative estimate of drug-likeness (QED) is 0.349. The normalized spacial score (nSPS) is 19.4. The summed E-state index contributed by atoms with van der Waals surface area (Å²) in [6.07, 6.45) is 19.8. The van der Waals surface area contributed by atoms with Crippen molar-refractivity contribution in [3.63, 3.8) is 0 Å². The van der Waals surface area contributed by atoms with E-state index in [1.165, 1.54) is 106 Å². The second-order valence-electron chi connectivity index (χ2n) is 9.19. The number of aryl methyl sites for hydroxylation is 1. The molecule has 1 nitrogen and oxygen atoms in total. The van der Waals surface area contributed by atoms with Crippen LogP contribution >= 0.6 is 0 Å². The summed E-state index contributed by atoms with van der Waals surface area (Å²) in [7, 11) is 0. The van der Waals surface area contributed by atoms with Crippen LogP contribution in [0.3, 0.4) is 0 Å². The first kappa shape index (κ1) is 22.1. The van der Waals surface area contributed by atoms with Crippen molar-refractivity contribution in [1.29, 1.82) is 0 Å². The fraction of sp³-hybridized carbons (Fsp3) is 0.607. The van der Waals surface area contributed by atoms with E-state index in [0.717, 1.165) is 5.92 Å². The van der Waals surface area contributed by atoms with Crippen LogP contribution in [0.2, 0.25) is 0 Å². The van der Waals surface area contributed by atoms with Crippen molar-refractivity contribution in [3.05, 3.63) is 53.9 Å². The molecule has 1 heteroatoms. The summed E-state index contributed by atoms with van der Waals surface area (Å²) in [6, 6.07) is 13.6. The predicted octanol–water partition coefficient (Wildman–Crippen LogP) is 8.73. The summed E-state index contributed by atoms with van der Waals surface area (Å²) in [6.45, 7) is 4.55. The number of unbranched alkanes of at least 4 members (excludes halogenated alkanes) is 5. The van der Waals surface area contributed by atoms with Crippen molar-refractivity contribution in [2.75, 3.05) is 0 Å². The van der Waals surface area contributed by atoms with Crippen molar-refractivity contribution >= 4 is 0 Å². The Balaban J connectivity index is 1.46. The number of nitrogens with zero attached hydrogens (tertiary/aromatic N) is 1. The van der Waals surface area contributed by atoms with Gasteiger partial charge in [-0.25, -0.2) is 0 Å². The SMILES string of the molecule is CCCCCCC[C@H]1CC[C@H](c2ccc(-c3ccc(CCCC)cc3)cn2)CC1. The highest BCUT2D eigenvalue weighted by Gasteiger charge is 2.22. The highest BCUT2D eigenvalue weighted by molar-refractivity contribution is 5.62. The highest BCUT2D eigenvalue weighted by Crippen LogP contribution is 2.37. The van der Waals surface area contributed by atoms with Gasteiger partial charge in [-0.05, 0) is 61.6 Å². The molecule has 29 heavy (non-hydrogen) atoms. The number of benzene rings is 1. The van der Waals surface area contributed by atoms with Crippen LogP contribution in [-0.4, -0.2) is 4.98 Å². The maximum Gasteiger partial charge on any atom is 0.0434 e. The molecule has 3 rings (SSSR count). The Morgan fingerprint density at radius 3 is 2.07 bits per heavy atom. The van der Waals surface area contributed by atoms with Crippen molar-refractivity contribution in [3.8, 4) is 11.1 Å². The Labute approximate surface area is 179 Å². The van der Waals surface area contributed by atoms with E-state index < -0.39 is 0 Å². The topological polar surface area (TPSA) is 12.9 Å². The first-order chi connectivity index (χ1) is 14.3. The monoisotopic (exact) mass is 391 g/mol. The zero-order chi connectivity index (χ0) is 20.3. The average molecular weight is 392 g/mol. The van der Waals surface area contributed by atoms with Gasteiger partial charge in [-0.2, -0.15) is 0 Å².